The molecule has 0 aliphatic heterocycles. The molecule has 1 saturated carbocycles. The third kappa shape index (κ3) is 2.63. The second kappa shape index (κ2) is 5.38. The Bertz CT molecular complexity index is 441. The third-order valence-electron chi connectivity index (χ3n) is 3.70. The molecule has 1 N–H and O–H groups in total. The highest BCUT2D eigenvalue weighted by molar-refractivity contribution is 5.88. The van der Waals surface area contributed by atoms with Gasteiger partial charge in [-0.3, -0.25) is 0 Å². The van der Waals surface area contributed by atoms with Crippen LogP contribution in [0.2, 0.25) is 0 Å². The lowest BCUT2D eigenvalue weighted by molar-refractivity contribution is 0.0696. The molecule has 0 heterocycles. The number of rotatable bonds is 3. The van der Waals surface area contributed by atoms with Gasteiger partial charge in [-0.15, -0.1) is 0 Å². The fraction of sp³-hybridized carbons (Fsp3) is 0.500. The third-order valence-corrected chi connectivity index (χ3v) is 3.70. The number of hydrogen-bond donors (Lipinski definition) is 1. The van der Waals surface area contributed by atoms with Gasteiger partial charge < -0.3 is 10.0 Å². The summed E-state index contributed by atoms with van der Waals surface area (Å²) >= 11 is 0. The highest BCUT2D eigenvalue weighted by Gasteiger charge is 2.21. The summed E-state index contributed by atoms with van der Waals surface area (Å²) in [5.41, 5.74) is 0.486. The number of carboxylic acid groups (broad SMARTS) is 1. The molecular formula is C14H18FNO2. The summed E-state index contributed by atoms with van der Waals surface area (Å²) in [6, 6.07) is 4.48. The van der Waals surface area contributed by atoms with E-state index in [0.29, 0.717) is 11.7 Å². The average molecular weight is 251 g/mol. The van der Waals surface area contributed by atoms with Gasteiger partial charge in [0.05, 0.1) is 11.3 Å². The average Bonchev–Trinajstić information content (AvgIpc) is 2.38. The van der Waals surface area contributed by atoms with Crippen LogP contribution in [-0.4, -0.2) is 24.2 Å². The van der Waals surface area contributed by atoms with Crippen LogP contribution in [0.3, 0.4) is 0 Å². The first kappa shape index (κ1) is 12.9. The molecule has 1 aromatic rings. The lowest BCUT2D eigenvalue weighted by Crippen LogP contribution is -2.33. The van der Waals surface area contributed by atoms with Crippen LogP contribution in [0.4, 0.5) is 10.1 Å². The Morgan fingerprint density at radius 1 is 1.33 bits per heavy atom. The number of anilines is 1. The monoisotopic (exact) mass is 251 g/mol. The molecule has 0 amide bonds. The Morgan fingerprint density at radius 3 is 2.56 bits per heavy atom. The van der Waals surface area contributed by atoms with Gasteiger partial charge in [-0.2, -0.15) is 0 Å². The molecule has 4 heteroatoms. The summed E-state index contributed by atoms with van der Waals surface area (Å²) in [6.07, 6.45) is 5.78. The lowest BCUT2D eigenvalue weighted by Gasteiger charge is -2.33. The number of nitrogens with zero attached hydrogens (tertiary/aromatic N) is 1. The second-order valence-electron chi connectivity index (χ2n) is 4.87. The van der Waals surface area contributed by atoms with Gasteiger partial charge in [0, 0.05) is 13.1 Å². The molecule has 18 heavy (non-hydrogen) atoms. The van der Waals surface area contributed by atoms with Crippen molar-refractivity contribution in [2.75, 3.05) is 11.9 Å². The van der Waals surface area contributed by atoms with Crippen molar-refractivity contribution in [3.8, 4) is 0 Å². The van der Waals surface area contributed by atoms with E-state index in [9.17, 15) is 9.18 Å². The van der Waals surface area contributed by atoms with E-state index in [1.807, 2.05) is 11.9 Å². The predicted molar refractivity (Wildman–Crippen MR) is 68.6 cm³/mol. The van der Waals surface area contributed by atoms with Gasteiger partial charge in [0.25, 0.3) is 0 Å². The molecule has 0 atom stereocenters. The van der Waals surface area contributed by atoms with Gasteiger partial charge in [0.15, 0.2) is 0 Å². The molecule has 2 rings (SSSR count). The zero-order chi connectivity index (χ0) is 13.1. The van der Waals surface area contributed by atoms with Crippen LogP contribution in [0.1, 0.15) is 42.5 Å². The van der Waals surface area contributed by atoms with E-state index in [-0.39, 0.29) is 5.56 Å². The van der Waals surface area contributed by atoms with Crippen molar-refractivity contribution in [3.05, 3.63) is 29.6 Å². The Morgan fingerprint density at radius 2 is 2.00 bits per heavy atom. The van der Waals surface area contributed by atoms with Gasteiger partial charge in [0.2, 0.25) is 0 Å². The van der Waals surface area contributed by atoms with E-state index >= 15 is 0 Å². The van der Waals surface area contributed by atoms with Gasteiger partial charge in [-0.25, -0.2) is 9.18 Å². The van der Waals surface area contributed by atoms with E-state index < -0.39 is 11.8 Å². The Balaban J connectivity index is 2.19. The summed E-state index contributed by atoms with van der Waals surface area (Å²) in [6.45, 7) is 0. The molecule has 0 unspecified atom stereocenters. The maximum atomic E-state index is 13.9. The smallest absolute Gasteiger partial charge is 0.335 e. The molecule has 0 radical (unpaired) electrons. The molecule has 0 bridgehead atoms. The minimum atomic E-state index is -1.10. The second-order valence-corrected chi connectivity index (χ2v) is 4.87. The first-order valence-electron chi connectivity index (χ1n) is 6.35. The molecular weight excluding hydrogens is 233 g/mol. The van der Waals surface area contributed by atoms with Gasteiger partial charge in [-0.1, -0.05) is 19.3 Å². The molecule has 1 fully saturated rings. The van der Waals surface area contributed by atoms with Crippen LogP contribution in [0, 0.1) is 5.82 Å². The van der Waals surface area contributed by atoms with Crippen molar-refractivity contribution in [1.29, 1.82) is 0 Å². The Hall–Kier alpha value is -1.58. The van der Waals surface area contributed by atoms with E-state index in [1.165, 1.54) is 25.3 Å². The first-order valence-corrected chi connectivity index (χ1v) is 6.35. The highest BCUT2D eigenvalue weighted by Crippen LogP contribution is 2.28. The van der Waals surface area contributed by atoms with Crippen LogP contribution in [0.25, 0.3) is 0 Å². The molecule has 1 aliphatic rings. The number of aromatic carboxylic acids is 1. The molecule has 0 aromatic heterocycles. The van der Waals surface area contributed by atoms with E-state index in [0.717, 1.165) is 18.9 Å². The highest BCUT2D eigenvalue weighted by atomic mass is 19.1. The quantitative estimate of drug-likeness (QED) is 0.896. The van der Waals surface area contributed by atoms with Crippen molar-refractivity contribution in [2.45, 2.75) is 38.1 Å². The molecule has 3 nitrogen and oxygen atoms in total. The normalized spacial score (nSPS) is 16.6. The first-order chi connectivity index (χ1) is 8.59. The fourth-order valence-corrected chi connectivity index (χ4v) is 2.59. The molecule has 0 spiro atoms. The largest absolute Gasteiger partial charge is 0.478 e. The molecule has 98 valence electrons. The molecule has 1 aliphatic carbocycles. The van der Waals surface area contributed by atoms with E-state index in [4.69, 9.17) is 5.11 Å². The number of carbonyl (C=O) groups is 1. The maximum absolute atomic E-state index is 13.9. The number of benzene rings is 1. The Kier molecular flexibility index (Phi) is 3.84. The van der Waals surface area contributed by atoms with Crippen LogP contribution in [-0.2, 0) is 0 Å². The zero-order valence-electron chi connectivity index (χ0n) is 10.5. The number of carboxylic acids is 1. The summed E-state index contributed by atoms with van der Waals surface area (Å²) in [4.78, 5) is 12.7. The Labute approximate surface area is 106 Å². The number of hydrogen-bond acceptors (Lipinski definition) is 2. The summed E-state index contributed by atoms with van der Waals surface area (Å²) in [5.74, 6) is -1.55. The summed E-state index contributed by atoms with van der Waals surface area (Å²) < 4.78 is 13.9. The van der Waals surface area contributed by atoms with Gasteiger partial charge in [-0.05, 0) is 31.0 Å². The maximum Gasteiger partial charge on any atom is 0.335 e. The van der Waals surface area contributed by atoms with Crippen LogP contribution in [0.5, 0.6) is 0 Å². The van der Waals surface area contributed by atoms with Gasteiger partial charge in [0.1, 0.15) is 5.82 Å². The van der Waals surface area contributed by atoms with Crippen molar-refractivity contribution in [1.82, 2.24) is 0 Å². The topological polar surface area (TPSA) is 40.5 Å². The molecule has 0 saturated heterocycles. The van der Waals surface area contributed by atoms with Crippen LogP contribution >= 0.6 is 0 Å². The minimum absolute atomic E-state index is 0.00621. The van der Waals surface area contributed by atoms with Crippen LogP contribution in [0.15, 0.2) is 18.2 Å². The summed E-state index contributed by atoms with van der Waals surface area (Å²) in [5, 5.41) is 8.81. The number of halogens is 1. The minimum Gasteiger partial charge on any atom is -0.478 e. The zero-order valence-corrected chi connectivity index (χ0v) is 10.5. The van der Waals surface area contributed by atoms with E-state index in [2.05, 4.69) is 0 Å². The van der Waals surface area contributed by atoms with E-state index in [1.54, 1.807) is 6.07 Å². The molecule has 1 aromatic carbocycles. The van der Waals surface area contributed by atoms with Crippen LogP contribution < -0.4 is 4.90 Å². The van der Waals surface area contributed by atoms with Crippen molar-refractivity contribution >= 4 is 11.7 Å². The van der Waals surface area contributed by atoms with Gasteiger partial charge >= 0.3 is 5.97 Å². The van der Waals surface area contributed by atoms with Crippen molar-refractivity contribution < 1.29 is 14.3 Å². The fourth-order valence-electron chi connectivity index (χ4n) is 2.59. The lowest BCUT2D eigenvalue weighted by atomic mass is 9.94. The SMILES string of the molecule is CN(c1ccc(C(=O)O)cc1F)C1CCCCC1. The van der Waals surface area contributed by atoms with Crippen molar-refractivity contribution in [3.63, 3.8) is 0 Å². The summed E-state index contributed by atoms with van der Waals surface area (Å²) in [7, 11) is 1.88. The predicted octanol–water partition coefficient (Wildman–Crippen LogP) is 3.29. The standard InChI is InChI=1S/C14H18FNO2/c1-16(11-5-3-2-4-6-11)13-8-7-10(14(17)18)9-12(13)15/h7-9,11H,2-6H2,1H3,(H,17,18). The van der Waals surface area contributed by atoms with Crippen molar-refractivity contribution in [2.24, 2.45) is 0 Å².